The molecular formula is C7H12O5. The predicted octanol–water partition coefficient (Wildman–Crippen LogP) is -1.14. The van der Waals surface area contributed by atoms with Crippen LogP contribution in [0.4, 0.5) is 0 Å². The molecule has 0 aromatic heterocycles. The van der Waals surface area contributed by atoms with Crippen molar-refractivity contribution < 1.29 is 24.5 Å². The predicted molar refractivity (Wildman–Crippen MR) is 39.3 cm³/mol. The highest BCUT2D eigenvalue weighted by atomic mass is 16.6. The molecule has 0 heterocycles. The largest absolute Gasteiger partial charge is 0.452 e. The fourth-order valence-corrected chi connectivity index (χ4v) is 0.707. The van der Waals surface area contributed by atoms with E-state index in [2.05, 4.69) is 4.74 Å². The number of carbonyl (C=O) groups excluding carboxylic acids is 2. The van der Waals surface area contributed by atoms with E-state index in [0.717, 1.165) is 6.92 Å². The van der Waals surface area contributed by atoms with Crippen molar-refractivity contribution in [3.8, 4) is 0 Å². The number of aliphatic hydroxyl groups excluding tert-OH is 2. The quantitative estimate of drug-likeness (QED) is 0.529. The SMILES string of the molecule is CC(=O)OC(C(C)=O)C(O)CO. The van der Waals surface area contributed by atoms with E-state index in [-0.39, 0.29) is 0 Å². The maximum absolute atomic E-state index is 10.7. The maximum atomic E-state index is 10.7. The molecule has 0 bridgehead atoms. The Kier molecular flexibility index (Phi) is 4.46. The second-order valence-corrected chi connectivity index (χ2v) is 2.39. The zero-order chi connectivity index (χ0) is 9.72. The molecule has 0 radical (unpaired) electrons. The highest BCUT2D eigenvalue weighted by Gasteiger charge is 2.25. The lowest BCUT2D eigenvalue weighted by atomic mass is 10.1. The molecule has 5 heteroatoms. The first-order chi connectivity index (χ1) is 5.49. The third-order valence-electron chi connectivity index (χ3n) is 1.23. The number of ketones is 1. The summed E-state index contributed by atoms with van der Waals surface area (Å²) < 4.78 is 4.47. The van der Waals surface area contributed by atoms with E-state index in [0.29, 0.717) is 0 Å². The van der Waals surface area contributed by atoms with Gasteiger partial charge < -0.3 is 14.9 Å². The minimum Gasteiger partial charge on any atom is -0.452 e. The van der Waals surface area contributed by atoms with Gasteiger partial charge in [0.1, 0.15) is 6.10 Å². The highest BCUT2D eigenvalue weighted by Crippen LogP contribution is 2.01. The van der Waals surface area contributed by atoms with Crippen LogP contribution >= 0.6 is 0 Å². The van der Waals surface area contributed by atoms with Gasteiger partial charge in [-0.1, -0.05) is 0 Å². The number of hydrogen-bond donors (Lipinski definition) is 2. The van der Waals surface area contributed by atoms with Gasteiger partial charge in [0.05, 0.1) is 6.61 Å². The fourth-order valence-electron chi connectivity index (χ4n) is 0.707. The van der Waals surface area contributed by atoms with Crippen LogP contribution in [0.3, 0.4) is 0 Å². The molecule has 0 aromatic carbocycles. The second kappa shape index (κ2) is 4.84. The molecule has 2 atom stereocenters. The van der Waals surface area contributed by atoms with E-state index in [9.17, 15) is 9.59 Å². The summed E-state index contributed by atoms with van der Waals surface area (Å²) >= 11 is 0. The van der Waals surface area contributed by atoms with Gasteiger partial charge >= 0.3 is 5.97 Å². The van der Waals surface area contributed by atoms with Gasteiger partial charge in [0.2, 0.25) is 0 Å². The van der Waals surface area contributed by atoms with Gasteiger partial charge in [-0.2, -0.15) is 0 Å². The number of aliphatic hydroxyl groups is 2. The molecular weight excluding hydrogens is 164 g/mol. The van der Waals surface area contributed by atoms with Gasteiger partial charge in [-0.25, -0.2) is 0 Å². The minimum absolute atomic E-state index is 0.494. The van der Waals surface area contributed by atoms with Crippen LogP contribution in [0.15, 0.2) is 0 Å². The van der Waals surface area contributed by atoms with E-state index in [1.165, 1.54) is 6.92 Å². The molecule has 0 rings (SSSR count). The average Bonchev–Trinajstić information content (AvgIpc) is 1.98. The number of carbonyl (C=O) groups is 2. The van der Waals surface area contributed by atoms with Gasteiger partial charge in [-0.05, 0) is 6.92 Å². The molecule has 0 amide bonds. The lowest BCUT2D eigenvalue weighted by Crippen LogP contribution is -2.38. The Bertz CT molecular complexity index is 177. The van der Waals surface area contributed by atoms with Crippen LogP contribution in [0, 0.1) is 0 Å². The monoisotopic (exact) mass is 176 g/mol. The Hall–Kier alpha value is -0.940. The lowest BCUT2D eigenvalue weighted by Gasteiger charge is -2.17. The number of ether oxygens (including phenoxy) is 1. The van der Waals surface area contributed by atoms with Crippen molar-refractivity contribution in [3.05, 3.63) is 0 Å². The maximum Gasteiger partial charge on any atom is 0.303 e. The van der Waals surface area contributed by atoms with Crippen molar-refractivity contribution in [2.45, 2.75) is 26.1 Å². The van der Waals surface area contributed by atoms with E-state index >= 15 is 0 Å². The van der Waals surface area contributed by atoms with E-state index in [1.807, 2.05) is 0 Å². The first-order valence-electron chi connectivity index (χ1n) is 3.45. The topological polar surface area (TPSA) is 83.8 Å². The van der Waals surface area contributed by atoms with Crippen molar-refractivity contribution >= 4 is 11.8 Å². The van der Waals surface area contributed by atoms with Crippen LogP contribution in [-0.2, 0) is 14.3 Å². The van der Waals surface area contributed by atoms with E-state index in [1.54, 1.807) is 0 Å². The zero-order valence-corrected chi connectivity index (χ0v) is 6.98. The lowest BCUT2D eigenvalue weighted by molar-refractivity contribution is -0.160. The second-order valence-electron chi connectivity index (χ2n) is 2.39. The fraction of sp³-hybridized carbons (Fsp3) is 0.714. The van der Waals surface area contributed by atoms with Gasteiger partial charge in [-0.3, -0.25) is 9.59 Å². The van der Waals surface area contributed by atoms with E-state index < -0.39 is 30.6 Å². The smallest absolute Gasteiger partial charge is 0.303 e. The van der Waals surface area contributed by atoms with Gasteiger partial charge in [0.15, 0.2) is 11.9 Å². The molecule has 2 N–H and O–H groups in total. The first kappa shape index (κ1) is 11.1. The summed E-state index contributed by atoms with van der Waals surface area (Å²) in [6.45, 7) is 1.68. The molecule has 0 aliphatic heterocycles. The zero-order valence-electron chi connectivity index (χ0n) is 6.98. The third kappa shape index (κ3) is 3.45. The number of Topliss-reactive ketones (excluding diaryl/α,β-unsaturated/α-hetero) is 1. The first-order valence-corrected chi connectivity index (χ1v) is 3.45. The van der Waals surface area contributed by atoms with Gasteiger partial charge in [0, 0.05) is 6.92 Å². The molecule has 5 nitrogen and oxygen atoms in total. The van der Waals surface area contributed by atoms with Crippen molar-refractivity contribution in [1.82, 2.24) is 0 Å². The third-order valence-corrected chi connectivity index (χ3v) is 1.23. The van der Waals surface area contributed by atoms with E-state index in [4.69, 9.17) is 10.2 Å². The van der Waals surface area contributed by atoms with Crippen molar-refractivity contribution in [2.24, 2.45) is 0 Å². The molecule has 0 saturated heterocycles. The Labute approximate surface area is 70.0 Å². The molecule has 0 aliphatic rings. The number of hydrogen-bond acceptors (Lipinski definition) is 5. The normalized spacial score (nSPS) is 15.0. The molecule has 70 valence electrons. The Morgan fingerprint density at radius 3 is 2.17 bits per heavy atom. The van der Waals surface area contributed by atoms with Crippen LogP contribution in [-0.4, -0.2) is 40.8 Å². The summed E-state index contributed by atoms with van der Waals surface area (Å²) in [5.74, 6) is -1.16. The molecule has 12 heavy (non-hydrogen) atoms. The van der Waals surface area contributed by atoms with Crippen molar-refractivity contribution in [3.63, 3.8) is 0 Å². The van der Waals surface area contributed by atoms with Crippen LogP contribution in [0.1, 0.15) is 13.8 Å². The minimum atomic E-state index is -1.34. The summed E-state index contributed by atoms with van der Waals surface area (Å²) in [6.07, 6.45) is -2.60. The van der Waals surface area contributed by atoms with Crippen LogP contribution in [0.5, 0.6) is 0 Å². The standard InChI is InChI=1S/C7H12O5/c1-4(9)7(6(11)3-8)12-5(2)10/h6-8,11H,3H2,1-2H3. The Morgan fingerprint density at radius 2 is 1.92 bits per heavy atom. The summed E-state index contributed by atoms with van der Waals surface area (Å²) in [7, 11) is 0. The Morgan fingerprint density at radius 1 is 1.42 bits per heavy atom. The number of esters is 1. The van der Waals surface area contributed by atoms with Gasteiger partial charge in [0.25, 0.3) is 0 Å². The molecule has 2 unspecified atom stereocenters. The van der Waals surface area contributed by atoms with Crippen molar-refractivity contribution in [1.29, 1.82) is 0 Å². The summed E-state index contributed by atoms with van der Waals surface area (Å²) in [5, 5.41) is 17.5. The van der Waals surface area contributed by atoms with Gasteiger partial charge in [-0.15, -0.1) is 0 Å². The molecule has 0 spiro atoms. The highest BCUT2D eigenvalue weighted by molar-refractivity contribution is 5.83. The molecule has 0 aromatic rings. The molecule has 0 fully saturated rings. The molecule has 0 saturated carbocycles. The summed E-state index contributed by atoms with van der Waals surface area (Å²) in [4.78, 5) is 21.1. The van der Waals surface area contributed by atoms with Crippen LogP contribution < -0.4 is 0 Å². The van der Waals surface area contributed by atoms with Crippen LogP contribution in [0.25, 0.3) is 0 Å². The molecule has 0 aliphatic carbocycles. The Balaban J connectivity index is 4.22. The van der Waals surface area contributed by atoms with Crippen LogP contribution in [0.2, 0.25) is 0 Å². The summed E-state index contributed by atoms with van der Waals surface area (Å²) in [6, 6.07) is 0. The average molecular weight is 176 g/mol. The van der Waals surface area contributed by atoms with Crippen molar-refractivity contribution in [2.75, 3.05) is 6.61 Å². The summed E-state index contributed by atoms with van der Waals surface area (Å²) in [5.41, 5.74) is 0. The number of rotatable bonds is 4.